The van der Waals surface area contributed by atoms with Crippen LogP contribution in [-0.2, 0) is 4.74 Å². The summed E-state index contributed by atoms with van der Waals surface area (Å²) in [5.41, 5.74) is 0.619. The third-order valence-electron chi connectivity index (χ3n) is 4.24. The van der Waals surface area contributed by atoms with Gasteiger partial charge in [-0.05, 0) is 37.1 Å². The van der Waals surface area contributed by atoms with Crippen LogP contribution in [0.4, 0.5) is 14.9 Å². The Kier molecular flexibility index (Phi) is 4.90. The van der Waals surface area contributed by atoms with Crippen molar-refractivity contribution in [3.05, 3.63) is 30.1 Å². The van der Waals surface area contributed by atoms with Gasteiger partial charge in [-0.25, -0.2) is 9.18 Å². The molecule has 1 aromatic rings. The second kappa shape index (κ2) is 7.07. The van der Waals surface area contributed by atoms with Gasteiger partial charge in [0.1, 0.15) is 5.82 Å². The van der Waals surface area contributed by atoms with Gasteiger partial charge in [0.25, 0.3) is 0 Å². The number of rotatable bonds is 3. The fourth-order valence-electron chi connectivity index (χ4n) is 2.95. The van der Waals surface area contributed by atoms with Gasteiger partial charge in [0.15, 0.2) is 0 Å². The average molecular weight is 307 g/mol. The second-order valence-corrected chi connectivity index (χ2v) is 5.86. The minimum atomic E-state index is -0.305. The van der Waals surface area contributed by atoms with Crippen LogP contribution in [0.1, 0.15) is 12.8 Å². The van der Waals surface area contributed by atoms with Crippen LogP contribution in [0.2, 0.25) is 0 Å². The van der Waals surface area contributed by atoms with Crippen molar-refractivity contribution in [1.82, 2.24) is 9.80 Å². The molecule has 5 nitrogen and oxygen atoms in total. The van der Waals surface area contributed by atoms with Crippen LogP contribution in [-0.4, -0.2) is 61.3 Å². The zero-order chi connectivity index (χ0) is 15.4. The average Bonchev–Trinajstić information content (AvgIpc) is 3.03. The molecule has 0 unspecified atom stereocenters. The summed E-state index contributed by atoms with van der Waals surface area (Å²) in [5.74, 6) is -0.305. The van der Waals surface area contributed by atoms with Gasteiger partial charge in [0, 0.05) is 45.0 Å². The molecule has 0 spiro atoms. The number of piperazine rings is 1. The number of anilines is 1. The molecule has 22 heavy (non-hydrogen) atoms. The van der Waals surface area contributed by atoms with Crippen LogP contribution in [0.25, 0.3) is 0 Å². The van der Waals surface area contributed by atoms with Gasteiger partial charge < -0.3 is 15.0 Å². The van der Waals surface area contributed by atoms with E-state index in [0.717, 1.165) is 39.1 Å². The molecule has 0 aliphatic carbocycles. The Hall–Kier alpha value is -1.66. The molecule has 2 aliphatic rings. The predicted molar refractivity (Wildman–Crippen MR) is 82.4 cm³/mol. The fourth-order valence-corrected chi connectivity index (χ4v) is 2.95. The van der Waals surface area contributed by atoms with Crippen molar-refractivity contribution in [1.29, 1.82) is 0 Å². The second-order valence-electron chi connectivity index (χ2n) is 5.86. The number of ether oxygens (including phenoxy) is 1. The van der Waals surface area contributed by atoms with Gasteiger partial charge >= 0.3 is 6.03 Å². The highest BCUT2D eigenvalue weighted by Gasteiger charge is 2.24. The smallest absolute Gasteiger partial charge is 0.321 e. The Balaban J connectivity index is 1.44. The third-order valence-corrected chi connectivity index (χ3v) is 4.24. The molecule has 6 heteroatoms. The van der Waals surface area contributed by atoms with Gasteiger partial charge in [0.05, 0.1) is 6.10 Å². The fraction of sp³-hybridized carbons (Fsp3) is 0.562. The summed E-state index contributed by atoms with van der Waals surface area (Å²) in [6, 6.07) is 5.70. The third kappa shape index (κ3) is 3.96. The van der Waals surface area contributed by atoms with Crippen LogP contribution < -0.4 is 5.32 Å². The van der Waals surface area contributed by atoms with Gasteiger partial charge in [-0.2, -0.15) is 0 Å². The van der Waals surface area contributed by atoms with Gasteiger partial charge in [-0.1, -0.05) is 0 Å². The van der Waals surface area contributed by atoms with E-state index < -0.39 is 0 Å². The van der Waals surface area contributed by atoms with E-state index >= 15 is 0 Å². The summed E-state index contributed by atoms with van der Waals surface area (Å²) in [4.78, 5) is 16.3. The molecule has 1 atom stereocenters. The quantitative estimate of drug-likeness (QED) is 0.930. The lowest BCUT2D eigenvalue weighted by Gasteiger charge is -2.35. The summed E-state index contributed by atoms with van der Waals surface area (Å²) < 4.78 is 18.5. The maximum Gasteiger partial charge on any atom is 0.321 e. The van der Waals surface area contributed by atoms with E-state index in [1.54, 1.807) is 17.0 Å². The first kappa shape index (κ1) is 15.2. The number of nitrogens with one attached hydrogen (secondary N) is 1. The number of amides is 2. The Bertz CT molecular complexity index is 495. The molecular weight excluding hydrogens is 285 g/mol. The molecule has 2 amide bonds. The minimum Gasteiger partial charge on any atom is -0.377 e. The van der Waals surface area contributed by atoms with E-state index in [4.69, 9.17) is 4.74 Å². The first-order valence-corrected chi connectivity index (χ1v) is 7.86. The highest BCUT2D eigenvalue weighted by Crippen LogP contribution is 2.15. The molecule has 1 N–H and O–H groups in total. The normalized spacial score (nSPS) is 22.8. The monoisotopic (exact) mass is 307 g/mol. The van der Waals surface area contributed by atoms with Crippen LogP contribution >= 0.6 is 0 Å². The molecule has 2 fully saturated rings. The van der Waals surface area contributed by atoms with Crippen molar-refractivity contribution in [3.8, 4) is 0 Å². The molecule has 0 saturated carbocycles. The Morgan fingerprint density at radius 3 is 2.59 bits per heavy atom. The van der Waals surface area contributed by atoms with Crippen LogP contribution in [0, 0.1) is 5.82 Å². The number of carbonyl (C=O) groups is 1. The number of nitrogens with zero attached hydrogens (tertiary/aromatic N) is 2. The predicted octanol–water partition coefficient (Wildman–Crippen LogP) is 2.15. The number of hydrogen-bond acceptors (Lipinski definition) is 3. The van der Waals surface area contributed by atoms with E-state index in [0.29, 0.717) is 24.9 Å². The zero-order valence-corrected chi connectivity index (χ0v) is 12.6. The Morgan fingerprint density at radius 1 is 1.23 bits per heavy atom. The Morgan fingerprint density at radius 2 is 1.95 bits per heavy atom. The van der Waals surface area contributed by atoms with Crippen LogP contribution in [0.3, 0.4) is 0 Å². The van der Waals surface area contributed by atoms with Crippen molar-refractivity contribution < 1.29 is 13.9 Å². The first-order valence-electron chi connectivity index (χ1n) is 7.86. The molecule has 1 aromatic carbocycles. The first-order chi connectivity index (χ1) is 10.7. The molecule has 0 radical (unpaired) electrons. The summed E-state index contributed by atoms with van der Waals surface area (Å²) in [6.45, 7) is 5.00. The van der Waals surface area contributed by atoms with E-state index in [1.165, 1.54) is 12.1 Å². The molecule has 3 rings (SSSR count). The number of halogens is 1. The molecule has 2 saturated heterocycles. The minimum absolute atomic E-state index is 0.122. The van der Waals surface area contributed by atoms with Crippen molar-refractivity contribution in [3.63, 3.8) is 0 Å². The summed E-state index contributed by atoms with van der Waals surface area (Å²) >= 11 is 0. The van der Waals surface area contributed by atoms with E-state index in [-0.39, 0.29) is 11.8 Å². The SMILES string of the molecule is O=C(Nc1ccc(F)cc1)N1CCN(C[C@H]2CCCO2)CC1. The number of urea groups is 1. The van der Waals surface area contributed by atoms with Crippen molar-refractivity contribution in [2.45, 2.75) is 18.9 Å². The van der Waals surface area contributed by atoms with E-state index in [1.807, 2.05) is 0 Å². The molecule has 0 bridgehead atoms. The van der Waals surface area contributed by atoms with Crippen molar-refractivity contribution >= 4 is 11.7 Å². The lowest BCUT2D eigenvalue weighted by Crippen LogP contribution is -2.51. The van der Waals surface area contributed by atoms with Crippen LogP contribution in [0.15, 0.2) is 24.3 Å². The maximum atomic E-state index is 12.8. The van der Waals surface area contributed by atoms with Crippen LogP contribution in [0.5, 0.6) is 0 Å². The molecule has 2 heterocycles. The number of carbonyl (C=O) groups excluding carboxylic acids is 1. The van der Waals surface area contributed by atoms with Gasteiger partial charge in [-0.3, -0.25) is 4.90 Å². The number of hydrogen-bond donors (Lipinski definition) is 1. The maximum absolute atomic E-state index is 12.8. The van der Waals surface area contributed by atoms with Gasteiger partial charge in [0.2, 0.25) is 0 Å². The molecule has 2 aliphatic heterocycles. The van der Waals surface area contributed by atoms with Gasteiger partial charge in [-0.15, -0.1) is 0 Å². The topological polar surface area (TPSA) is 44.8 Å². The summed E-state index contributed by atoms with van der Waals surface area (Å²) in [5, 5.41) is 2.80. The zero-order valence-electron chi connectivity index (χ0n) is 12.6. The van der Waals surface area contributed by atoms with Crippen molar-refractivity contribution in [2.24, 2.45) is 0 Å². The highest BCUT2D eigenvalue weighted by molar-refractivity contribution is 5.89. The lowest BCUT2D eigenvalue weighted by molar-refractivity contribution is 0.0572. The van der Waals surface area contributed by atoms with E-state index in [2.05, 4.69) is 10.2 Å². The van der Waals surface area contributed by atoms with Crippen molar-refractivity contribution in [2.75, 3.05) is 44.6 Å². The summed E-state index contributed by atoms with van der Waals surface area (Å²) in [6.07, 6.45) is 2.66. The Labute approximate surface area is 130 Å². The highest BCUT2D eigenvalue weighted by atomic mass is 19.1. The molecule has 120 valence electrons. The standard InChI is InChI=1S/C16H22FN3O2/c17-13-3-5-14(6-4-13)18-16(21)20-9-7-19(8-10-20)12-15-2-1-11-22-15/h3-6,15H,1-2,7-12H2,(H,18,21)/t15-/m1/s1. The van der Waals surface area contributed by atoms with E-state index in [9.17, 15) is 9.18 Å². The lowest BCUT2D eigenvalue weighted by atomic mass is 10.2. The number of benzene rings is 1. The summed E-state index contributed by atoms with van der Waals surface area (Å²) in [7, 11) is 0. The largest absolute Gasteiger partial charge is 0.377 e. The molecule has 0 aromatic heterocycles. The molecular formula is C16H22FN3O2.